The molecule has 2 aliphatic rings. The zero-order valence-corrected chi connectivity index (χ0v) is 15.6. The van der Waals surface area contributed by atoms with Gasteiger partial charge in [0.05, 0.1) is 5.92 Å². The van der Waals surface area contributed by atoms with Gasteiger partial charge in [-0.3, -0.25) is 14.4 Å². The monoisotopic (exact) mass is 382 g/mol. The summed E-state index contributed by atoms with van der Waals surface area (Å²) in [7, 11) is 0. The molecular weight excluding hydrogens is 352 g/mol. The van der Waals surface area contributed by atoms with Gasteiger partial charge in [0, 0.05) is 26.1 Å². The number of rotatable bonds is 9. The molecule has 0 radical (unpaired) electrons. The minimum Gasteiger partial charge on any atom is -0.480 e. The van der Waals surface area contributed by atoms with Crippen LogP contribution in [0, 0.1) is 11.8 Å². The third-order valence-corrected chi connectivity index (χ3v) is 5.42. The van der Waals surface area contributed by atoms with Gasteiger partial charge in [-0.2, -0.15) is 0 Å². The lowest BCUT2D eigenvalue weighted by atomic mass is 9.92. The smallest absolute Gasteiger partial charge is 0.328 e. The van der Waals surface area contributed by atoms with E-state index in [1.54, 1.807) is 4.90 Å². The summed E-state index contributed by atoms with van der Waals surface area (Å²) in [6.07, 6.45) is 5.36. The fraction of sp³-hybridized carbons (Fsp3) is 0.778. The molecule has 2 aliphatic heterocycles. The Morgan fingerprint density at radius 3 is 2.63 bits per heavy atom. The number of likely N-dealkylation sites (tertiary alicyclic amines) is 1. The van der Waals surface area contributed by atoms with Crippen molar-refractivity contribution in [2.75, 3.05) is 32.7 Å². The summed E-state index contributed by atoms with van der Waals surface area (Å²) >= 11 is 0. The Hall–Kier alpha value is -2.16. The zero-order chi connectivity index (χ0) is 19.6. The van der Waals surface area contributed by atoms with Crippen LogP contribution in [0.1, 0.15) is 38.5 Å². The van der Waals surface area contributed by atoms with Crippen LogP contribution in [-0.4, -0.2) is 73.0 Å². The lowest BCUT2D eigenvalue weighted by Crippen LogP contribution is -2.50. The predicted molar refractivity (Wildman–Crippen MR) is 97.8 cm³/mol. The van der Waals surface area contributed by atoms with Crippen molar-refractivity contribution >= 4 is 24.2 Å². The maximum Gasteiger partial charge on any atom is 0.328 e. The first kappa shape index (κ1) is 21.1. The molecule has 2 saturated heterocycles. The first-order chi connectivity index (χ1) is 13.0. The summed E-state index contributed by atoms with van der Waals surface area (Å²) in [6.45, 7) is 2.89. The Bertz CT molecular complexity index is 536. The van der Waals surface area contributed by atoms with Gasteiger partial charge in [0.2, 0.25) is 18.2 Å². The summed E-state index contributed by atoms with van der Waals surface area (Å²) in [5.41, 5.74) is 0. The van der Waals surface area contributed by atoms with Gasteiger partial charge >= 0.3 is 5.97 Å². The second-order valence-corrected chi connectivity index (χ2v) is 7.33. The first-order valence-corrected chi connectivity index (χ1v) is 9.70. The zero-order valence-electron chi connectivity index (χ0n) is 15.6. The fourth-order valence-electron chi connectivity index (χ4n) is 3.72. The summed E-state index contributed by atoms with van der Waals surface area (Å²) < 4.78 is 0. The molecule has 1 unspecified atom stereocenters. The van der Waals surface area contributed by atoms with E-state index in [1.165, 1.54) is 0 Å². The van der Waals surface area contributed by atoms with Gasteiger partial charge in [0.15, 0.2) is 0 Å². The normalized spacial score (nSPS) is 21.9. The number of nitrogens with zero attached hydrogens (tertiary/aromatic N) is 1. The molecule has 0 bridgehead atoms. The molecule has 2 rings (SSSR count). The highest BCUT2D eigenvalue weighted by molar-refractivity contribution is 5.82. The van der Waals surface area contributed by atoms with Crippen LogP contribution in [0.15, 0.2) is 0 Å². The van der Waals surface area contributed by atoms with Crippen LogP contribution >= 0.6 is 0 Å². The van der Waals surface area contributed by atoms with Crippen molar-refractivity contribution in [3.8, 4) is 0 Å². The number of carbonyl (C=O) groups is 4. The molecule has 0 spiro atoms. The van der Waals surface area contributed by atoms with Gasteiger partial charge in [-0.1, -0.05) is 0 Å². The van der Waals surface area contributed by atoms with Gasteiger partial charge in [0.25, 0.3) is 0 Å². The van der Waals surface area contributed by atoms with Crippen LogP contribution in [0.25, 0.3) is 0 Å². The number of hydrogen-bond acceptors (Lipinski definition) is 5. The molecule has 152 valence electrons. The standard InChI is InChI=1S/C18H30N4O5/c23-12-21-15(18(26)27)10-20-17(25)14-2-1-9-22(11-14)16(24)4-3-13-5-7-19-8-6-13/h12-15,19H,1-11H2,(H,20,25)(H,21,23)(H,26,27)/t14-,15?/m1/s1. The van der Waals surface area contributed by atoms with Gasteiger partial charge in [-0.25, -0.2) is 4.79 Å². The minimum absolute atomic E-state index is 0.0945. The molecule has 2 fully saturated rings. The number of carboxylic acids is 1. The van der Waals surface area contributed by atoms with Gasteiger partial charge in [-0.15, -0.1) is 0 Å². The van der Waals surface area contributed by atoms with E-state index in [2.05, 4.69) is 16.0 Å². The highest BCUT2D eigenvalue weighted by atomic mass is 16.4. The Morgan fingerprint density at radius 1 is 1.22 bits per heavy atom. The predicted octanol–water partition coefficient (Wildman–Crippen LogP) is -0.680. The topological polar surface area (TPSA) is 128 Å². The molecule has 0 aliphatic carbocycles. The van der Waals surface area contributed by atoms with Crippen LogP contribution in [0.2, 0.25) is 0 Å². The quantitative estimate of drug-likeness (QED) is 0.391. The van der Waals surface area contributed by atoms with E-state index in [0.29, 0.717) is 38.3 Å². The number of aliphatic carboxylic acids is 1. The molecule has 27 heavy (non-hydrogen) atoms. The second-order valence-electron chi connectivity index (χ2n) is 7.33. The largest absolute Gasteiger partial charge is 0.480 e. The van der Waals surface area contributed by atoms with Gasteiger partial charge in [-0.05, 0) is 51.1 Å². The van der Waals surface area contributed by atoms with Crippen molar-refractivity contribution in [2.45, 2.75) is 44.6 Å². The molecular formula is C18H30N4O5. The lowest BCUT2D eigenvalue weighted by Gasteiger charge is -2.33. The molecule has 0 aromatic carbocycles. The van der Waals surface area contributed by atoms with E-state index in [1.807, 2.05) is 0 Å². The summed E-state index contributed by atoms with van der Waals surface area (Å²) in [5, 5.41) is 17.0. The number of hydrogen-bond donors (Lipinski definition) is 4. The minimum atomic E-state index is -1.21. The average Bonchev–Trinajstić information content (AvgIpc) is 2.69. The molecule has 3 amide bonds. The van der Waals surface area contributed by atoms with E-state index in [9.17, 15) is 19.2 Å². The number of nitrogens with one attached hydrogen (secondary N) is 3. The Balaban J connectivity index is 1.76. The van der Waals surface area contributed by atoms with E-state index in [-0.39, 0.29) is 24.3 Å². The van der Waals surface area contributed by atoms with E-state index >= 15 is 0 Å². The molecule has 2 atom stereocenters. The van der Waals surface area contributed by atoms with Crippen molar-refractivity contribution < 1.29 is 24.3 Å². The molecule has 0 saturated carbocycles. The SMILES string of the molecule is O=CNC(CNC(=O)[C@@H]1CCCN(C(=O)CCC2CCNCC2)C1)C(=O)O. The summed E-state index contributed by atoms with van der Waals surface area (Å²) in [5.74, 6) is -1.13. The number of carbonyl (C=O) groups excluding carboxylic acids is 3. The molecule has 9 nitrogen and oxygen atoms in total. The third kappa shape index (κ3) is 6.82. The fourth-order valence-corrected chi connectivity index (χ4v) is 3.72. The average molecular weight is 382 g/mol. The maximum absolute atomic E-state index is 12.5. The van der Waals surface area contributed by atoms with Crippen molar-refractivity contribution in [1.82, 2.24) is 20.9 Å². The van der Waals surface area contributed by atoms with E-state index < -0.39 is 12.0 Å². The maximum atomic E-state index is 12.5. The van der Waals surface area contributed by atoms with Crippen LogP contribution in [0.5, 0.6) is 0 Å². The highest BCUT2D eigenvalue weighted by Gasteiger charge is 2.29. The van der Waals surface area contributed by atoms with Crippen molar-refractivity contribution in [2.24, 2.45) is 11.8 Å². The Morgan fingerprint density at radius 2 is 1.96 bits per heavy atom. The number of carboxylic acid groups (broad SMARTS) is 1. The second kappa shape index (κ2) is 10.9. The van der Waals surface area contributed by atoms with E-state index in [0.717, 1.165) is 38.8 Å². The van der Waals surface area contributed by atoms with Crippen molar-refractivity contribution in [1.29, 1.82) is 0 Å². The first-order valence-electron chi connectivity index (χ1n) is 9.70. The summed E-state index contributed by atoms with van der Waals surface area (Å²) in [4.78, 5) is 48.0. The van der Waals surface area contributed by atoms with Crippen molar-refractivity contribution in [3.63, 3.8) is 0 Å². The van der Waals surface area contributed by atoms with Crippen LogP contribution in [0.3, 0.4) is 0 Å². The van der Waals surface area contributed by atoms with Crippen LogP contribution in [-0.2, 0) is 19.2 Å². The van der Waals surface area contributed by atoms with Crippen LogP contribution in [0.4, 0.5) is 0 Å². The Kier molecular flexibility index (Phi) is 8.50. The molecule has 9 heteroatoms. The molecule has 0 aromatic rings. The third-order valence-electron chi connectivity index (χ3n) is 5.42. The van der Waals surface area contributed by atoms with Gasteiger partial charge in [0.1, 0.15) is 6.04 Å². The summed E-state index contributed by atoms with van der Waals surface area (Å²) in [6, 6.07) is -1.15. The van der Waals surface area contributed by atoms with Gasteiger partial charge < -0.3 is 26.0 Å². The molecule has 2 heterocycles. The van der Waals surface area contributed by atoms with Crippen molar-refractivity contribution in [3.05, 3.63) is 0 Å². The van der Waals surface area contributed by atoms with E-state index in [4.69, 9.17) is 5.11 Å². The number of amides is 3. The lowest BCUT2D eigenvalue weighted by molar-refractivity contribution is -0.140. The number of piperidine rings is 2. The highest BCUT2D eigenvalue weighted by Crippen LogP contribution is 2.21. The van der Waals surface area contributed by atoms with Crippen LogP contribution < -0.4 is 16.0 Å². The molecule has 0 aromatic heterocycles. The molecule has 4 N–H and O–H groups in total. The Labute approximate surface area is 159 Å².